The molecule has 0 atom stereocenters. The van der Waals surface area contributed by atoms with Crippen molar-refractivity contribution in [3.05, 3.63) is 41.5 Å². The van der Waals surface area contributed by atoms with Gasteiger partial charge in [-0.3, -0.25) is 10.1 Å². The molecule has 0 saturated carbocycles. The van der Waals surface area contributed by atoms with E-state index in [1.165, 1.54) is 12.0 Å². The number of carbonyl (C=O) groups excluding carboxylic acids is 2. The van der Waals surface area contributed by atoms with E-state index in [9.17, 15) is 9.59 Å². The van der Waals surface area contributed by atoms with E-state index in [4.69, 9.17) is 8.92 Å². The Hall–Kier alpha value is -1.83. The number of amides is 3. The second-order valence-electron chi connectivity index (χ2n) is 4.66. The van der Waals surface area contributed by atoms with Crippen LogP contribution in [0.2, 0.25) is 0 Å². The Bertz CT molecular complexity index is 558. The molecule has 1 aromatic carbocycles. The zero-order valence-corrected chi connectivity index (χ0v) is 13.7. The smallest absolute Gasteiger partial charge is 0.323 e. The van der Waals surface area contributed by atoms with Crippen LogP contribution in [0.25, 0.3) is 5.57 Å². The maximum Gasteiger partial charge on any atom is 0.323 e. The molecule has 0 saturated heterocycles. The van der Waals surface area contributed by atoms with Crippen molar-refractivity contribution in [2.75, 3.05) is 27.8 Å². The number of benzene rings is 1. The Morgan fingerprint density at radius 3 is 2.59 bits per heavy atom. The molecule has 0 aliphatic carbocycles. The SMILES string of the molecule is COC/C=C(/C(=O)NC(=O)N(C)C)c1ccccc1COS. The quantitative estimate of drug-likeness (QED) is 0.476. The summed E-state index contributed by atoms with van der Waals surface area (Å²) in [4.78, 5) is 25.3. The van der Waals surface area contributed by atoms with E-state index in [1.807, 2.05) is 12.1 Å². The van der Waals surface area contributed by atoms with Gasteiger partial charge in [0, 0.05) is 26.8 Å². The summed E-state index contributed by atoms with van der Waals surface area (Å²) < 4.78 is 9.85. The van der Waals surface area contributed by atoms with Crippen LogP contribution >= 0.6 is 12.9 Å². The van der Waals surface area contributed by atoms with Gasteiger partial charge in [-0.25, -0.2) is 4.79 Å². The number of carbonyl (C=O) groups is 2. The van der Waals surface area contributed by atoms with Gasteiger partial charge in [-0.1, -0.05) is 24.3 Å². The van der Waals surface area contributed by atoms with E-state index >= 15 is 0 Å². The molecule has 0 bridgehead atoms. The normalized spacial score (nSPS) is 11.2. The number of rotatable bonds is 6. The van der Waals surface area contributed by atoms with E-state index in [-0.39, 0.29) is 13.2 Å². The molecule has 7 heteroatoms. The first kappa shape index (κ1) is 18.2. The predicted octanol–water partition coefficient (Wildman–Crippen LogP) is 1.88. The lowest BCUT2D eigenvalue weighted by Crippen LogP contribution is -2.39. The first-order valence-electron chi connectivity index (χ1n) is 6.57. The molecule has 0 fully saturated rings. The van der Waals surface area contributed by atoms with Gasteiger partial charge in [-0.15, -0.1) is 0 Å². The Morgan fingerprint density at radius 1 is 1.32 bits per heavy atom. The number of nitrogens with zero attached hydrogens (tertiary/aromatic N) is 1. The van der Waals surface area contributed by atoms with Crippen LogP contribution in [0.5, 0.6) is 0 Å². The van der Waals surface area contributed by atoms with Crippen LogP contribution in [0, 0.1) is 0 Å². The molecule has 1 rings (SSSR count). The average Bonchev–Trinajstić information content (AvgIpc) is 2.49. The maximum absolute atomic E-state index is 12.4. The third kappa shape index (κ3) is 5.18. The van der Waals surface area contributed by atoms with E-state index in [1.54, 1.807) is 32.3 Å². The number of nitrogens with one attached hydrogen (secondary N) is 1. The van der Waals surface area contributed by atoms with Gasteiger partial charge in [-0.2, -0.15) is 0 Å². The fraction of sp³-hybridized carbons (Fsp3) is 0.333. The third-order valence-electron chi connectivity index (χ3n) is 2.85. The number of ether oxygens (including phenoxy) is 1. The van der Waals surface area contributed by atoms with Crippen molar-refractivity contribution in [3.8, 4) is 0 Å². The van der Waals surface area contributed by atoms with Gasteiger partial charge in [0.2, 0.25) is 0 Å². The summed E-state index contributed by atoms with van der Waals surface area (Å²) in [5.41, 5.74) is 1.79. The molecular weight excluding hydrogens is 304 g/mol. The van der Waals surface area contributed by atoms with Crippen LogP contribution in [-0.4, -0.2) is 44.7 Å². The lowest BCUT2D eigenvalue weighted by molar-refractivity contribution is -0.114. The van der Waals surface area contributed by atoms with Crippen LogP contribution in [0.3, 0.4) is 0 Å². The van der Waals surface area contributed by atoms with Gasteiger partial charge in [0.25, 0.3) is 5.91 Å². The first-order chi connectivity index (χ1) is 10.5. The Labute approximate surface area is 135 Å². The zero-order chi connectivity index (χ0) is 16.5. The molecule has 0 heterocycles. The Morgan fingerprint density at radius 2 is 2.00 bits per heavy atom. The minimum atomic E-state index is -0.498. The summed E-state index contributed by atoms with van der Waals surface area (Å²) in [5, 5.41) is 2.32. The molecule has 22 heavy (non-hydrogen) atoms. The summed E-state index contributed by atoms with van der Waals surface area (Å²) >= 11 is 3.75. The zero-order valence-electron chi connectivity index (χ0n) is 12.8. The fourth-order valence-corrected chi connectivity index (χ4v) is 1.89. The highest BCUT2D eigenvalue weighted by molar-refractivity contribution is 7.75. The number of imide groups is 1. The van der Waals surface area contributed by atoms with Crippen molar-refractivity contribution in [1.82, 2.24) is 10.2 Å². The van der Waals surface area contributed by atoms with Crippen molar-refractivity contribution in [3.63, 3.8) is 0 Å². The molecule has 0 spiro atoms. The number of hydrogen-bond acceptors (Lipinski definition) is 5. The highest BCUT2D eigenvalue weighted by Crippen LogP contribution is 2.21. The lowest BCUT2D eigenvalue weighted by Gasteiger charge is -2.15. The number of thiol groups is 1. The highest BCUT2D eigenvalue weighted by atomic mass is 32.1. The van der Waals surface area contributed by atoms with Crippen LogP contribution in [0.4, 0.5) is 4.79 Å². The molecular formula is C15H20N2O4S. The third-order valence-corrected chi connectivity index (χ3v) is 2.98. The minimum Gasteiger partial charge on any atom is -0.381 e. The van der Waals surface area contributed by atoms with Crippen LogP contribution < -0.4 is 5.32 Å². The van der Waals surface area contributed by atoms with Gasteiger partial charge in [0.05, 0.1) is 13.2 Å². The average molecular weight is 324 g/mol. The van der Waals surface area contributed by atoms with Crippen molar-refractivity contribution in [2.24, 2.45) is 0 Å². The number of methoxy groups -OCH3 is 1. The van der Waals surface area contributed by atoms with Crippen molar-refractivity contribution in [2.45, 2.75) is 6.61 Å². The Balaban J connectivity index is 3.13. The summed E-state index contributed by atoms with van der Waals surface area (Å²) in [6, 6.07) is 6.76. The molecule has 3 amide bonds. The topological polar surface area (TPSA) is 67.9 Å². The molecule has 0 aliphatic rings. The van der Waals surface area contributed by atoms with E-state index in [2.05, 4.69) is 18.2 Å². The highest BCUT2D eigenvalue weighted by Gasteiger charge is 2.18. The maximum atomic E-state index is 12.4. The summed E-state index contributed by atoms with van der Waals surface area (Å²) in [6.07, 6.45) is 1.62. The standard InChI is InChI=1S/C15H20N2O4S/c1-17(2)15(19)16-14(18)13(8-9-20-3)12-7-5-4-6-11(12)10-21-22/h4-8,22H,9-10H2,1-3H3,(H,16,18,19)/b13-8+. The van der Waals surface area contributed by atoms with E-state index in [0.29, 0.717) is 11.1 Å². The molecule has 0 aliphatic heterocycles. The van der Waals surface area contributed by atoms with Gasteiger partial charge < -0.3 is 13.8 Å². The van der Waals surface area contributed by atoms with Crippen molar-refractivity contribution in [1.29, 1.82) is 0 Å². The molecule has 1 aromatic rings. The molecule has 0 unspecified atom stereocenters. The minimum absolute atomic E-state index is 0.235. The van der Waals surface area contributed by atoms with E-state index < -0.39 is 11.9 Å². The molecule has 0 radical (unpaired) electrons. The predicted molar refractivity (Wildman–Crippen MR) is 87.3 cm³/mol. The first-order valence-corrected chi connectivity index (χ1v) is 6.94. The van der Waals surface area contributed by atoms with Crippen molar-refractivity contribution < 1.29 is 18.5 Å². The second-order valence-corrected chi connectivity index (χ2v) is 4.92. The van der Waals surface area contributed by atoms with Crippen molar-refractivity contribution >= 4 is 30.4 Å². The molecule has 120 valence electrons. The number of urea groups is 1. The largest absolute Gasteiger partial charge is 0.381 e. The fourth-order valence-electron chi connectivity index (χ4n) is 1.75. The van der Waals surface area contributed by atoms with Crippen LogP contribution in [0.1, 0.15) is 11.1 Å². The van der Waals surface area contributed by atoms with Gasteiger partial charge in [0.15, 0.2) is 0 Å². The van der Waals surface area contributed by atoms with Crippen LogP contribution in [-0.2, 0) is 20.3 Å². The summed E-state index contributed by atoms with van der Waals surface area (Å²) in [7, 11) is 4.65. The molecule has 6 nitrogen and oxygen atoms in total. The summed E-state index contributed by atoms with van der Waals surface area (Å²) in [6.45, 7) is 0.480. The molecule has 0 aromatic heterocycles. The monoisotopic (exact) mass is 324 g/mol. The van der Waals surface area contributed by atoms with Gasteiger partial charge in [-0.05, 0) is 30.1 Å². The second kappa shape index (κ2) is 9.24. The van der Waals surface area contributed by atoms with Crippen LogP contribution in [0.15, 0.2) is 30.3 Å². The Kier molecular flexibility index (Phi) is 7.65. The van der Waals surface area contributed by atoms with Gasteiger partial charge in [0.1, 0.15) is 0 Å². The molecule has 1 N–H and O–H groups in total. The number of hydrogen-bond donors (Lipinski definition) is 2. The lowest BCUT2D eigenvalue weighted by atomic mass is 9.99. The van der Waals surface area contributed by atoms with Gasteiger partial charge >= 0.3 is 6.03 Å². The van der Waals surface area contributed by atoms with E-state index in [0.717, 1.165) is 5.56 Å². The summed E-state index contributed by atoms with van der Waals surface area (Å²) in [5.74, 6) is -0.498.